The predicted molar refractivity (Wildman–Crippen MR) is 91.2 cm³/mol. The summed E-state index contributed by atoms with van der Waals surface area (Å²) >= 11 is 17.7. The number of carboxylic acids is 1. The van der Waals surface area contributed by atoms with Crippen LogP contribution in [0.25, 0.3) is 11.4 Å². The van der Waals surface area contributed by atoms with Gasteiger partial charge in [0.2, 0.25) is 0 Å². The van der Waals surface area contributed by atoms with Crippen LogP contribution in [0.1, 0.15) is 10.4 Å². The molecule has 0 saturated carbocycles. The molecule has 2 heterocycles. The lowest BCUT2D eigenvalue weighted by Crippen LogP contribution is -2.18. The molecule has 9 heteroatoms. The first-order valence-corrected chi connectivity index (χ1v) is 7.68. The van der Waals surface area contributed by atoms with Crippen LogP contribution in [-0.2, 0) is 0 Å². The molecule has 3 aromatic rings. The zero-order valence-corrected chi connectivity index (χ0v) is 14.0. The summed E-state index contributed by atoms with van der Waals surface area (Å²) < 4.78 is 2.62. The summed E-state index contributed by atoms with van der Waals surface area (Å²) in [5.74, 6) is -1.16. The van der Waals surface area contributed by atoms with Gasteiger partial charge in [-0.15, -0.1) is 0 Å². The van der Waals surface area contributed by atoms with Crippen molar-refractivity contribution in [2.24, 2.45) is 0 Å². The van der Waals surface area contributed by atoms with Crippen molar-refractivity contribution >= 4 is 40.8 Å². The molecular weight excluding hydrogens is 377 g/mol. The first-order chi connectivity index (χ1) is 11.4. The highest BCUT2D eigenvalue weighted by molar-refractivity contribution is 6.41. The molecule has 0 aliphatic heterocycles. The first kappa shape index (κ1) is 16.6. The number of hydrogen-bond acceptors (Lipinski definition) is 3. The van der Waals surface area contributed by atoms with E-state index in [1.54, 1.807) is 24.3 Å². The van der Waals surface area contributed by atoms with Crippen LogP contribution in [0.3, 0.4) is 0 Å². The zero-order valence-electron chi connectivity index (χ0n) is 11.8. The smallest absolute Gasteiger partial charge is 0.340 e. The van der Waals surface area contributed by atoms with Crippen LogP contribution in [0.15, 0.2) is 47.5 Å². The van der Waals surface area contributed by atoms with Crippen LogP contribution in [-0.4, -0.2) is 25.4 Å². The lowest BCUT2D eigenvalue weighted by Gasteiger charge is -2.09. The Morgan fingerprint density at radius 3 is 2.25 bits per heavy atom. The van der Waals surface area contributed by atoms with E-state index in [0.717, 1.165) is 0 Å². The van der Waals surface area contributed by atoms with Gasteiger partial charge in [-0.05, 0) is 30.3 Å². The Labute approximate surface area is 150 Å². The molecule has 2 aromatic heterocycles. The summed E-state index contributed by atoms with van der Waals surface area (Å²) in [5.41, 5.74) is 0.567. The van der Waals surface area contributed by atoms with Crippen molar-refractivity contribution in [2.75, 3.05) is 0 Å². The molecule has 3 rings (SSSR count). The van der Waals surface area contributed by atoms with Crippen LogP contribution in [0.5, 0.6) is 0 Å². The second-order valence-corrected chi connectivity index (χ2v) is 5.88. The van der Waals surface area contributed by atoms with Gasteiger partial charge in [0.25, 0.3) is 5.56 Å². The number of hydrogen-bond donors (Lipinski definition) is 1. The van der Waals surface area contributed by atoms with E-state index in [2.05, 4.69) is 5.10 Å². The lowest BCUT2D eigenvalue weighted by molar-refractivity contribution is 0.0697. The van der Waals surface area contributed by atoms with Gasteiger partial charge in [-0.1, -0.05) is 34.8 Å². The number of aromatic nitrogens is 3. The van der Waals surface area contributed by atoms with Gasteiger partial charge >= 0.3 is 5.97 Å². The van der Waals surface area contributed by atoms with Crippen molar-refractivity contribution in [2.45, 2.75) is 0 Å². The standard InChI is InChI=1S/C15H8Cl3N3O3/c16-11-5-6-20(14(22)12(11)17)8-1-3-9(4-2-8)21-13(18)10(7-19-21)15(23)24/h1-7H,(H,23,24). The highest BCUT2D eigenvalue weighted by Crippen LogP contribution is 2.22. The Morgan fingerprint density at radius 1 is 1.04 bits per heavy atom. The van der Waals surface area contributed by atoms with Gasteiger partial charge in [-0.25, -0.2) is 9.48 Å². The number of carboxylic acid groups (broad SMARTS) is 1. The molecule has 0 saturated heterocycles. The summed E-state index contributed by atoms with van der Waals surface area (Å²) in [6.45, 7) is 0. The van der Waals surface area contributed by atoms with E-state index >= 15 is 0 Å². The normalized spacial score (nSPS) is 10.8. The molecule has 0 unspecified atom stereocenters. The van der Waals surface area contributed by atoms with Crippen molar-refractivity contribution in [1.29, 1.82) is 0 Å². The molecule has 0 amide bonds. The molecule has 1 N–H and O–H groups in total. The number of nitrogens with zero attached hydrogens (tertiary/aromatic N) is 3. The van der Waals surface area contributed by atoms with Gasteiger partial charge in [0, 0.05) is 11.9 Å². The summed E-state index contributed by atoms with van der Waals surface area (Å²) in [5, 5.41) is 13.1. The first-order valence-electron chi connectivity index (χ1n) is 6.54. The number of rotatable bonds is 3. The van der Waals surface area contributed by atoms with Gasteiger partial charge in [-0.2, -0.15) is 5.10 Å². The van der Waals surface area contributed by atoms with Crippen molar-refractivity contribution in [1.82, 2.24) is 14.3 Å². The third-order valence-corrected chi connectivity index (χ3v) is 4.44. The molecule has 0 aliphatic rings. The Morgan fingerprint density at radius 2 is 1.67 bits per heavy atom. The van der Waals surface area contributed by atoms with Gasteiger partial charge in [0.15, 0.2) is 0 Å². The van der Waals surface area contributed by atoms with Gasteiger partial charge in [0.1, 0.15) is 15.7 Å². The van der Waals surface area contributed by atoms with E-state index in [4.69, 9.17) is 39.9 Å². The van der Waals surface area contributed by atoms with Gasteiger partial charge in [-0.3, -0.25) is 9.36 Å². The summed E-state index contributed by atoms with van der Waals surface area (Å²) in [6, 6.07) is 8.12. The van der Waals surface area contributed by atoms with E-state index in [1.807, 2.05) is 0 Å². The number of halogens is 3. The maximum Gasteiger partial charge on any atom is 0.340 e. The number of aromatic carboxylic acids is 1. The highest BCUT2D eigenvalue weighted by atomic mass is 35.5. The van der Waals surface area contributed by atoms with Gasteiger partial charge in [0.05, 0.1) is 16.9 Å². The predicted octanol–water partition coefficient (Wildman–Crippen LogP) is 3.68. The average Bonchev–Trinajstić information content (AvgIpc) is 2.95. The third-order valence-electron chi connectivity index (χ3n) is 3.30. The molecule has 0 spiro atoms. The van der Waals surface area contributed by atoms with Crippen LogP contribution in [0, 0.1) is 0 Å². The minimum absolute atomic E-state index is 0.0121. The van der Waals surface area contributed by atoms with E-state index < -0.39 is 11.5 Å². The monoisotopic (exact) mass is 383 g/mol. The molecule has 0 radical (unpaired) electrons. The molecular formula is C15H8Cl3N3O3. The topological polar surface area (TPSA) is 77.1 Å². The Balaban J connectivity index is 2.02. The number of pyridine rings is 1. The Hall–Kier alpha value is -2.28. The summed E-state index contributed by atoms with van der Waals surface area (Å²) in [6.07, 6.45) is 2.68. The molecule has 122 valence electrons. The number of benzene rings is 1. The largest absolute Gasteiger partial charge is 0.478 e. The SMILES string of the molecule is O=C(O)c1cnn(-c2ccc(-n3ccc(Cl)c(Cl)c3=O)cc2)c1Cl. The molecule has 0 fully saturated rings. The Bertz CT molecular complexity index is 993. The molecule has 0 atom stereocenters. The fourth-order valence-corrected chi connectivity index (χ4v) is 2.67. The van der Waals surface area contributed by atoms with Crippen molar-refractivity contribution in [3.63, 3.8) is 0 Å². The molecule has 6 nitrogen and oxygen atoms in total. The molecule has 0 bridgehead atoms. The minimum atomic E-state index is -1.16. The van der Waals surface area contributed by atoms with Crippen LogP contribution < -0.4 is 5.56 Å². The second-order valence-electron chi connectivity index (χ2n) is 4.74. The Kier molecular flexibility index (Phi) is 4.36. The number of carbonyl (C=O) groups is 1. The summed E-state index contributed by atoms with van der Waals surface area (Å²) in [4.78, 5) is 23.1. The highest BCUT2D eigenvalue weighted by Gasteiger charge is 2.16. The van der Waals surface area contributed by atoms with E-state index in [9.17, 15) is 9.59 Å². The quantitative estimate of drug-likeness (QED) is 0.747. The van der Waals surface area contributed by atoms with Crippen molar-refractivity contribution in [3.05, 3.63) is 73.8 Å². The molecule has 0 aliphatic carbocycles. The minimum Gasteiger partial charge on any atom is -0.478 e. The van der Waals surface area contributed by atoms with Crippen LogP contribution >= 0.6 is 34.8 Å². The fraction of sp³-hybridized carbons (Fsp3) is 0. The van der Waals surface area contributed by atoms with E-state index in [1.165, 1.54) is 27.7 Å². The zero-order chi connectivity index (χ0) is 17.4. The van der Waals surface area contributed by atoms with Crippen LogP contribution in [0.2, 0.25) is 15.2 Å². The van der Waals surface area contributed by atoms with Gasteiger partial charge < -0.3 is 5.11 Å². The van der Waals surface area contributed by atoms with E-state index in [0.29, 0.717) is 11.4 Å². The third kappa shape index (κ3) is 2.80. The second kappa shape index (κ2) is 6.32. The molecule has 1 aromatic carbocycles. The fourth-order valence-electron chi connectivity index (χ4n) is 2.10. The van der Waals surface area contributed by atoms with Crippen molar-refractivity contribution in [3.8, 4) is 11.4 Å². The lowest BCUT2D eigenvalue weighted by atomic mass is 10.2. The maximum atomic E-state index is 12.1. The maximum absolute atomic E-state index is 12.1. The van der Waals surface area contributed by atoms with E-state index in [-0.39, 0.29) is 20.8 Å². The van der Waals surface area contributed by atoms with Crippen molar-refractivity contribution < 1.29 is 9.90 Å². The summed E-state index contributed by atoms with van der Waals surface area (Å²) in [7, 11) is 0. The average molecular weight is 385 g/mol. The van der Waals surface area contributed by atoms with Crippen LogP contribution in [0.4, 0.5) is 0 Å². The molecule has 24 heavy (non-hydrogen) atoms.